The number of fused-ring (bicyclic) bond motifs is 3. The van der Waals surface area contributed by atoms with Gasteiger partial charge in [0.05, 0.1) is 5.60 Å². The Morgan fingerprint density at radius 3 is 2.69 bits per heavy atom. The summed E-state index contributed by atoms with van der Waals surface area (Å²) in [7, 11) is 0. The van der Waals surface area contributed by atoms with Gasteiger partial charge in [0, 0.05) is 29.6 Å². The standard InChI is InChI=1S/C26H31FN2O3/c27-25(10-11-25)16-28-12-8-18-14-22-20(19-3-1-2-4-21(19)29-22)15-26(18,32)9-7-17-5-6-23(30)24(31)13-17/h1-6,13,18,28-32H,7-12,14-16H2. The number of halogens is 1. The highest BCUT2D eigenvalue weighted by Gasteiger charge is 2.44. The Labute approximate surface area is 187 Å². The minimum Gasteiger partial charge on any atom is -0.504 e. The topological polar surface area (TPSA) is 88.5 Å². The minimum absolute atomic E-state index is 0.0380. The van der Waals surface area contributed by atoms with Gasteiger partial charge >= 0.3 is 0 Å². The average molecular weight is 439 g/mol. The van der Waals surface area contributed by atoms with E-state index in [1.807, 2.05) is 12.1 Å². The number of aromatic hydroxyl groups is 2. The van der Waals surface area contributed by atoms with Gasteiger partial charge in [-0.25, -0.2) is 4.39 Å². The number of phenols is 2. The Balaban J connectivity index is 1.35. The number of rotatable bonds is 8. The molecule has 3 aromatic rings. The predicted molar refractivity (Wildman–Crippen MR) is 123 cm³/mol. The third-order valence-corrected chi connectivity index (χ3v) is 7.39. The van der Waals surface area contributed by atoms with Gasteiger partial charge in [0.2, 0.25) is 0 Å². The Kier molecular flexibility index (Phi) is 5.38. The molecule has 5 nitrogen and oxygen atoms in total. The number of aliphatic hydroxyl groups is 1. The maximum absolute atomic E-state index is 13.9. The van der Waals surface area contributed by atoms with E-state index in [0.717, 1.165) is 29.3 Å². The first-order valence-corrected chi connectivity index (χ1v) is 11.6. The molecule has 1 heterocycles. The van der Waals surface area contributed by atoms with Crippen LogP contribution in [0.15, 0.2) is 42.5 Å². The van der Waals surface area contributed by atoms with Gasteiger partial charge in [-0.05, 0) is 80.3 Å². The van der Waals surface area contributed by atoms with Gasteiger partial charge in [-0.1, -0.05) is 24.3 Å². The first-order chi connectivity index (χ1) is 15.4. The van der Waals surface area contributed by atoms with Crippen molar-refractivity contribution in [3.05, 3.63) is 59.3 Å². The average Bonchev–Trinajstić information content (AvgIpc) is 3.41. The molecular formula is C26H31FN2O3. The number of benzene rings is 2. The van der Waals surface area contributed by atoms with Gasteiger partial charge in [-0.3, -0.25) is 0 Å². The zero-order valence-electron chi connectivity index (χ0n) is 18.2. The van der Waals surface area contributed by atoms with Crippen LogP contribution in [0.25, 0.3) is 10.9 Å². The summed E-state index contributed by atoms with van der Waals surface area (Å²) < 4.78 is 13.9. The van der Waals surface area contributed by atoms with Crippen molar-refractivity contribution in [1.29, 1.82) is 0 Å². The highest BCUT2D eigenvalue weighted by molar-refractivity contribution is 5.85. The second-order valence-corrected chi connectivity index (χ2v) is 9.75. The van der Waals surface area contributed by atoms with Crippen molar-refractivity contribution in [3.63, 3.8) is 0 Å². The van der Waals surface area contributed by atoms with Crippen LogP contribution in [0.2, 0.25) is 0 Å². The van der Waals surface area contributed by atoms with E-state index in [1.165, 1.54) is 17.3 Å². The molecular weight excluding hydrogens is 407 g/mol. The van der Waals surface area contributed by atoms with Crippen LogP contribution >= 0.6 is 0 Å². The van der Waals surface area contributed by atoms with Crippen molar-refractivity contribution in [1.82, 2.24) is 10.3 Å². The number of H-pyrrole nitrogens is 1. The molecule has 2 unspecified atom stereocenters. The summed E-state index contributed by atoms with van der Waals surface area (Å²) in [6.45, 7) is 1.07. The monoisotopic (exact) mass is 438 g/mol. The molecule has 1 saturated carbocycles. The second kappa shape index (κ2) is 8.09. The van der Waals surface area contributed by atoms with Crippen molar-refractivity contribution < 1.29 is 19.7 Å². The molecule has 1 fully saturated rings. The summed E-state index contributed by atoms with van der Waals surface area (Å²) in [6, 6.07) is 13.0. The summed E-state index contributed by atoms with van der Waals surface area (Å²) in [5, 5.41) is 35.7. The van der Waals surface area contributed by atoms with E-state index in [-0.39, 0.29) is 17.4 Å². The zero-order chi connectivity index (χ0) is 22.3. The second-order valence-electron chi connectivity index (χ2n) is 9.75. The lowest BCUT2D eigenvalue weighted by molar-refractivity contribution is -0.0354. The third kappa shape index (κ3) is 4.21. The summed E-state index contributed by atoms with van der Waals surface area (Å²) in [4.78, 5) is 3.54. The summed E-state index contributed by atoms with van der Waals surface area (Å²) in [5.41, 5.74) is 2.42. The van der Waals surface area contributed by atoms with Gasteiger partial charge in [0.15, 0.2) is 11.5 Å². The van der Waals surface area contributed by atoms with Crippen molar-refractivity contribution in [2.75, 3.05) is 13.1 Å². The van der Waals surface area contributed by atoms with Crippen LogP contribution in [0, 0.1) is 5.92 Å². The number of phenolic OH excluding ortho intramolecular Hbond substituents is 2. The van der Waals surface area contributed by atoms with Crippen molar-refractivity contribution in [2.24, 2.45) is 5.92 Å². The molecule has 2 aliphatic carbocycles. The first-order valence-electron chi connectivity index (χ1n) is 11.6. The van der Waals surface area contributed by atoms with Crippen molar-refractivity contribution in [2.45, 2.75) is 56.2 Å². The lowest BCUT2D eigenvalue weighted by Gasteiger charge is -2.40. The molecule has 1 aromatic heterocycles. The molecule has 32 heavy (non-hydrogen) atoms. The van der Waals surface area contributed by atoms with Crippen LogP contribution in [0.3, 0.4) is 0 Å². The van der Waals surface area contributed by atoms with E-state index in [1.54, 1.807) is 12.1 Å². The summed E-state index contributed by atoms with van der Waals surface area (Å²) in [6.07, 6.45) is 4.52. The number of hydrogen-bond donors (Lipinski definition) is 5. The molecule has 2 aliphatic rings. The smallest absolute Gasteiger partial charge is 0.157 e. The number of hydrogen-bond acceptors (Lipinski definition) is 4. The summed E-state index contributed by atoms with van der Waals surface area (Å²) in [5.74, 6) is -0.243. The number of aromatic nitrogens is 1. The SMILES string of the molecule is Oc1ccc(CCC2(O)Cc3c([nH]c4ccccc34)CC2CCNCC2(F)CC2)cc1O. The lowest BCUT2D eigenvalue weighted by Crippen LogP contribution is -2.46. The molecule has 2 atom stereocenters. The maximum atomic E-state index is 13.9. The van der Waals surface area contributed by atoms with Crippen LogP contribution in [-0.4, -0.2) is 44.7 Å². The predicted octanol–water partition coefficient (Wildman–Crippen LogP) is 4.14. The van der Waals surface area contributed by atoms with Crippen molar-refractivity contribution in [3.8, 4) is 11.5 Å². The molecule has 5 rings (SSSR count). The molecule has 6 heteroatoms. The molecule has 0 amide bonds. The van der Waals surface area contributed by atoms with E-state index in [2.05, 4.69) is 22.4 Å². The van der Waals surface area contributed by atoms with Gasteiger partial charge in [-0.15, -0.1) is 0 Å². The molecule has 0 radical (unpaired) electrons. The molecule has 170 valence electrons. The lowest BCUT2D eigenvalue weighted by atomic mass is 9.70. The van der Waals surface area contributed by atoms with E-state index < -0.39 is 11.3 Å². The van der Waals surface area contributed by atoms with E-state index in [0.29, 0.717) is 45.2 Å². The molecule has 0 aliphatic heterocycles. The number of aryl methyl sites for hydroxylation is 1. The number of alkyl halides is 1. The van der Waals surface area contributed by atoms with Gasteiger partial charge in [0.1, 0.15) is 5.67 Å². The fraction of sp³-hybridized carbons (Fsp3) is 0.462. The van der Waals surface area contributed by atoms with E-state index >= 15 is 0 Å². The Hall–Kier alpha value is -2.57. The first kappa shape index (κ1) is 21.3. The number of aromatic amines is 1. The Bertz CT molecular complexity index is 1120. The fourth-order valence-corrected chi connectivity index (χ4v) is 5.17. The van der Waals surface area contributed by atoms with Gasteiger partial charge in [-0.2, -0.15) is 0 Å². The third-order valence-electron chi connectivity index (χ3n) is 7.39. The van der Waals surface area contributed by atoms with Crippen LogP contribution in [-0.2, 0) is 19.3 Å². The normalized spacial score (nSPS) is 23.9. The highest BCUT2D eigenvalue weighted by atomic mass is 19.1. The van der Waals surface area contributed by atoms with Gasteiger partial charge < -0.3 is 25.6 Å². The Morgan fingerprint density at radius 1 is 1.09 bits per heavy atom. The maximum Gasteiger partial charge on any atom is 0.157 e. The quantitative estimate of drug-likeness (QED) is 0.270. The van der Waals surface area contributed by atoms with E-state index in [4.69, 9.17) is 0 Å². The van der Waals surface area contributed by atoms with Gasteiger partial charge in [0.25, 0.3) is 0 Å². The molecule has 5 N–H and O–H groups in total. The zero-order valence-corrected chi connectivity index (χ0v) is 18.2. The number of nitrogens with one attached hydrogen (secondary N) is 2. The Morgan fingerprint density at radius 2 is 1.91 bits per heavy atom. The van der Waals surface area contributed by atoms with E-state index in [9.17, 15) is 19.7 Å². The van der Waals surface area contributed by atoms with Crippen LogP contribution in [0.1, 0.15) is 42.5 Å². The molecule has 2 aromatic carbocycles. The summed E-state index contributed by atoms with van der Waals surface area (Å²) >= 11 is 0. The van der Waals surface area contributed by atoms with Crippen LogP contribution in [0.4, 0.5) is 4.39 Å². The van der Waals surface area contributed by atoms with Crippen molar-refractivity contribution >= 4 is 10.9 Å². The highest BCUT2D eigenvalue weighted by Crippen LogP contribution is 2.42. The van der Waals surface area contributed by atoms with Crippen LogP contribution in [0.5, 0.6) is 11.5 Å². The minimum atomic E-state index is -1.02. The largest absolute Gasteiger partial charge is 0.504 e. The molecule has 0 bridgehead atoms. The van der Waals surface area contributed by atoms with Crippen LogP contribution < -0.4 is 5.32 Å². The molecule has 0 saturated heterocycles. The molecule has 0 spiro atoms. The number of para-hydroxylation sites is 1. The fourth-order valence-electron chi connectivity index (χ4n) is 5.17.